The Balaban J connectivity index is 3.41. The molecule has 68 valence electrons. The topological polar surface area (TPSA) is 44.0 Å². The molecule has 2 heteroatoms. The van der Waals surface area contributed by atoms with Gasteiger partial charge in [-0.3, -0.25) is 0 Å². The van der Waals surface area contributed by atoms with Crippen molar-refractivity contribution < 1.29 is 5.11 Å². The van der Waals surface area contributed by atoms with Gasteiger partial charge in [0.2, 0.25) is 0 Å². The van der Waals surface area contributed by atoms with Crippen LogP contribution in [0.1, 0.15) is 36.5 Å². The third-order valence-electron chi connectivity index (χ3n) is 2.15. The summed E-state index contributed by atoms with van der Waals surface area (Å²) in [5.41, 5.74) is 2.07. The molecule has 0 atom stereocenters. The molecule has 2 nitrogen and oxygen atoms in total. The third kappa shape index (κ3) is 1.65. The summed E-state index contributed by atoms with van der Waals surface area (Å²) in [7, 11) is 0. The van der Waals surface area contributed by atoms with Crippen molar-refractivity contribution in [2.75, 3.05) is 0 Å². The largest absolute Gasteiger partial charge is 0.506 e. The molecule has 0 aromatic heterocycles. The van der Waals surface area contributed by atoms with Gasteiger partial charge in [0.05, 0.1) is 5.56 Å². The van der Waals surface area contributed by atoms with Gasteiger partial charge in [0, 0.05) is 0 Å². The van der Waals surface area contributed by atoms with Crippen LogP contribution in [0.15, 0.2) is 12.1 Å². The van der Waals surface area contributed by atoms with Gasteiger partial charge in [-0.1, -0.05) is 26.0 Å². The number of phenols is 1. The van der Waals surface area contributed by atoms with Gasteiger partial charge in [-0.25, -0.2) is 0 Å². The molecule has 1 N–H and O–H groups in total. The second-order valence-electron chi connectivity index (χ2n) is 3.46. The van der Waals surface area contributed by atoms with Gasteiger partial charge in [0.1, 0.15) is 11.8 Å². The summed E-state index contributed by atoms with van der Waals surface area (Å²) in [5.74, 6) is 0.384. The van der Waals surface area contributed by atoms with Crippen molar-refractivity contribution >= 4 is 0 Å². The Hall–Kier alpha value is -1.49. The summed E-state index contributed by atoms with van der Waals surface area (Å²) in [6.45, 7) is 5.80. The number of hydrogen-bond acceptors (Lipinski definition) is 2. The molecule has 0 radical (unpaired) electrons. The van der Waals surface area contributed by atoms with Crippen molar-refractivity contribution in [2.24, 2.45) is 0 Å². The molecule has 1 aromatic carbocycles. The second kappa shape index (κ2) is 3.49. The molecular formula is C11H13NO. The summed E-state index contributed by atoms with van der Waals surface area (Å²) < 4.78 is 0. The van der Waals surface area contributed by atoms with Crippen LogP contribution < -0.4 is 0 Å². The highest BCUT2D eigenvalue weighted by atomic mass is 16.3. The van der Waals surface area contributed by atoms with Crippen LogP contribution in [0.4, 0.5) is 0 Å². The van der Waals surface area contributed by atoms with E-state index in [9.17, 15) is 5.11 Å². The normalized spacial score (nSPS) is 10.1. The molecule has 0 bridgehead atoms. The lowest BCUT2D eigenvalue weighted by Gasteiger charge is -2.10. The Kier molecular flexibility index (Phi) is 2.57. The molecule has 0 heterocycles. The van der Waals surface area contributed by atoms with E-state index in [1.165, 1.54) is 0 Å². The first kappa shape index (κ1) is 9.60. The van der Waals surface area contributed by atoms with Gasteiger partial charge in [0.15, 0.2) is 0 Å². The molecule has 1 aromatic rings. The summed E-state index contributed by atoms with van der Waals surface area (Å²) in [6.07, 6.45) is 0. The van der Waals surface area contributed by atoms with Gasteiger partial charge in [0.25, 0.3) is 0 Å². The number of phenolic OH excluding ortho intramolecular Hbond substituents is 1. The van der Waals surface area contributed by atoms with Gasteiger partial charge >= 0.3 is 0 Å². The minimum Gasteiger partial charge on any atom is -0.506 e. The maximum atomic E-state index is 9.60. The Morgan fingerprint density at radius 2 is 2.00 bits per heavy atom. The van der Waals surface area contributed by atoms with Gasteiger partial charge in [-0.05, 0) is 24.0 Å². The summed E-state index contributed by atoms with van der Waals surface area (Å²) >= 11 is 0. The van der Waals surface area contributed by atoms with Gasteiger partial charge < -0.3 is 5.11 Å². The number of hydrogen-bond donors (Lipinski definition) is 1. The Labute approximate surface area is 78.4 Å². The highest BCUT2D eigenvalue weighted by molar-refractivity contribution is 5.53. The Bertz CT molecular complexity index is 361. The average molecular weight is 175 g/mol. The van der Waals surface area contributed by atoms with E-state index in [0.29, 0.717) is 5.56 Å². The van der Waals surface area contributed by atoms with Crippen LogP contribution >= 0.6 is 0 Å². The van der Waals surface area contributed by atoms with Crippen LogP contribution in [0.5, 0.6) is 5.75 Å². The van der Waals surface area contributed by atoms with E-state index in [2.05, 4.69) is 0 Å². The zero-order valence-corrected chi connectivity index (χ0v) is 8.13. The van der Waals surface area contributed by atoms with Crippen LogP contribution in [-0.2, 0) is 0 Å². The molecule has 0 aliphatic carbocycles. The minimum atomic E-state index is 0.119. The Morgan fingerprint density at radius 3 is 2.46 bits per heavy atom. The third-order valence-corrected chi connectivity index (χ3v) is 2.15. The zero-order valence-electron chi connectivity index (χ0n) is 8.13. The molecule has 0 amide bonds. The molecule has 0 aliphatic rings. The molecule has 0 spiro atoms. The summed E-state index contributed by atoms with van der Waals surface area (Å²) in [5, 5.41) is 18.5. The fourth-order valence-electron chi connectivity index (χ4n) is 1.31. The predicted molar refractivity (Wildman–Crippen MR) is 51.6 cm³/mol. The van der Waals surface area contributed by atoms with Crippen LogP contribution in [-0.4, -0.2) is 5.11 Å². The van der Waals surface area contributed by atoms with Crippen molar-refractivity contribution in [3.8, 4) is 11.8 Å². The molecular weight excluding hydrogens is 162 g/mol. The van der Waals surface area contributed by atoms with Crippen LogP contribution in [0.3, 0.4) is 0 Å². The maximum Gasteiger partial charge on any atom is 0.136 e. The molecule has 0 aliphatic heterocycles. The summed E-state index contributed by atoms with van der Waals surface area (Å²) in [6, 6.07) is 5.78. The number of aromatic hydroxyl groups is 1. The fraction of sp³-hybridized carbons (Fsp3) is 0.364. The van der Waals surface area contributed by atoms with Crippen LogP contribution in [0.25, 0.3) is 0 Å². The first-order valence-electron chi connectivity index (χ1n) is 4.30. The van der Waals surface area contributed by atoms with Crippen LogP contribution in [0, 0.1) is 18.3 Å². The van der Waals surface area contributed by atoms with Crippen molar-refractivity contribution in [3.63, 3.8) is 0 Å². The maximum absolute atomic E-state index is 9.60. The quantitative estimate of drug-likeness (QED) is 0.713. The van der Waals surface area contributed by atoms with E-state index >= 15 is 0 Å². The molecule has 0 fully saturated rings. The number of benzene rings is 1. The van der Waals surface area contributed by atoms with Gasteiger partial charge in [-0.15, -0.1) is 0 Å². The molecule has 0 saturated heterocycles. The van der Waals surface area contributed by atoms with Crippen molar-refractivity contribution in [1.29, 1.82) is 5.26 Å². The average Bonchev–Trinajstić information content (AvgIpc) is 2.09. The van der Waals surface area contributed by atoms with Crippen molar-refractivity contribution in [2.45, 2.75) is 26.7 Å². The number of rotatable bonds is 1. The number of aryl methyl sites for hydroxylation is 1. The van der Waals surface area contributed by atoms with E-state index in [0.717, 1.165) is 11.1 Å². The van der Waals surface area contributed by atoms with E-state index in [1.54, 1.807) is 6.92 Å². The smallest absolute Gasteiger partial charge is 0.136 e. The number of nitrogens with zero attached hydrogens (tertiary/aromatic N) is 1. The molecule has 13 heavy (non-hydrogen) atoms. The first-order chi connectivity index (χ1) is 6.07. The van der Waals surface area contributed by atoms with Crippen molar-refractivity contribution in [1.82, 2.24) is 0 Å². The van der Waals surface area contributed by atoms with Crippen molar-refractivity contribution in [3.05, 3.63) is 28.8 Å². The minimum absolute atomic E-state index is 0.119. The lowest BCUT2D eigenvalue weighted by Crippen LogP contribution is -1.94. The van der Waals surface area contributed by atoms with Crippen LogP contribution in [0.2, 0.25) is 0 Å². The highest BCUT2D eigenvalue weighted by Crippen LogP contribution is 2.29. The summed E-state index contributed by atoms with van der Waals surface area (Å²) in [4.78, 5) is 0. The zero-order chi connectivity index (χ0) is 10.0. The molecule has 0 saturated carbocycles. The first-order valence-corrected chi connectivity index (χ1v) is 4.30. The number of nitriles is 1. The molecule has 0 unspecified atom stereocenters. The van der Waals surface area contributed by atoms with E-state index in [1.807, 2.05) is 32.0 Å². The lowest BCUT2D eigenvalue weighted by molar-refractivity contribution is 0.468. The van der Waals surface area contributed by atoms with E-state index < -0.39 is 0 Å². The second-order valence-corrected chi connectivity index (χ2v) is 3.46. The SMILES string of the molecule is Cc1ccc(C(C)C)c(C#N)c1O. The molecule has 1 rings (SSSR count). The van der Waals surface area contributed by atoms with E-state index in [4.69, 9.17) is 5.26 Å². The van der Waals surface area contributed by atoms with E-state index in [-0.39, 0.29) is 11.7 Å². The monoisotopic (exact) mass is 175 g/mol. The fourth-order valence-corrected chi connectivity index (χ4v) is 1.31. The predicted octanol–water partition coefficient (Wildman–Crippen LogP) is 2.70. The highest BCUT2D eigenvalue weighted by Gasteiger charge is 2.11. The Morgan fingerprint density at radius 1 is 1.38 bits per heavy atom. The lowest BCUT2D eigenvalue weighted by atomic mass is 9.95. The van der Waals surface area contributed by atoms with Gasteiger partial charge in [-0.2, -0.15) is 5.26 Å². The standard InChI is InChI=1S/C11H13NO/c1-7(2)9-5-4-8(3)11(13)10(9)6-12/h4-5,7,13H,1-3H3.